The minimum Gasteiger partial charge on any atom is -0.507 e. The standard InChI is InChI=1S/C31H30O7/c1-19-9-8-14-22(32)13-7-3-6-12-21-17-26-29(30(34)28(21)31(35)36-19)23(18-27(33)38-26)25-16-15-24(37-25)20-10-4-2-5-11-20/h2,4-6,10-12,15-17,19,23,34H,3,7-9,13-14,18H2,1H3/b12-6+/t19-,23-/m0/s1. The van der Waals surface area contributed by atoms with Crippen molar-refractivity contribution in [1.82, 2.24) is 0 Å². The van der Waals surface area contributed by atoms with E-state index in [0.29, 0.717) is 61.2 Å². The van der Waals surface area contributed by atoms with Crippen LogP contribution in [0.3, 0.4) is 0 Å². The second-order valence-corrected chi connectivity index (χ2v) is 9.84. The molecule has 0 saturated carbocycles. The summed E-state index contributed by atoms with van der Waals surface area (Å²) in [6.45, 7) is 1.78. The molecule has 0 saturated heterocycles. The van der Waals surface area contributed by atoms with Gasteiger partial charge < -0.3 is 19.0 Å². The first-order valence-electron chi connectivity index (χ1n) is 13.1. The number of aromatic hydroxyl groups is 1. The molecule has 38 heavy (non-hydrogen) atoms. The molecule has 2 aliphatic rings. The minimum atomic E-state index is -0.666. The normalized spacial score (nSPS) is 21.4. The molecule has 0 amide bonds. The van der Waals surface area contributed by atoms with Crippen LogP contribution in [0.1, 0.15) is 85.0 Å². The quantitative estimate of drug-likeness (QED) is 0.304. The predicted octanol–water partition coefficient (Wildman–Crippen LogP) is 6.58. The van der Waals surface area contributed by atoms with Gasteiger partial charge in [-0.05, 0) is 56.4 Å². The lowest BCUT2D eigenvalue weighted by atomic mass is 9.86. The zero-order chi connectivity index (χ0) is 26.6. The molecule has 3 heterocycles. The first kappa shape index (κ1) is 25.5. The molecule has 0 spiro atoms. The fourth-order valence-corrected chi connectivity index (χ4v) is 5.06. The van der Waals surface area contributed by atoms with Crippen LogP contribution in [0.5, 0.6) is 11.5 Å². The molecule has 1 aromatic heterocycles. The predicted molar refractivity (Wildman–Crippen MR) is 141 cm³/mol. The smallest absolute Gasteiger partial charge is 0.342 e. The molecule has 2 aliphatic heterocycles. The lowest BCUT2D eigenvalue weighted by Gasteiger charge is -2.26. The summed E-state index contributed by atoms with van der Waals surface area (Å²) in [6, 6.07) is 14.8. The maximum Gasteiger partial charge on any atom is 0.342 e. The molecule has 2 aromatic carbocycles. The number of benzene rings is 2. The van der Waals surface area contributed by atoms with Gasteiger partial charge in [-0.15, -0.1) is 0 Å². The number of rotatable bonds is 2. The summed E-state index contributed by atoms with van der Waals surface area (Å²) in [5.74, 6) is -0.540. The summed E-state index contributed by atoms with van der Waals surface area (Å²) in [5, 5.41) is 11.5. The molecule has 1 N–H and O–H groups in total. The third-order valence-electron chi connectivity index (χ3n) is 7.01. The van der Waals surface area contributed by atoms with Gasteiger partial charge in [0.2, 0.25) is 0 Å². The number of carbonyl (C=O) groups is 3. The summed E-state index contributed by atoms with van der Waals surface area (Å²) < 4.78 is 17.3. The molecular weight excluding hydrogens is 484 g/mol. The van der Waals surface area contributed by atoms with Gasteiger partial charge in [0.05, 0.1) is 18.4 Å². The Hall–Kier alpha value is -4.13. The summed E-state index contributed by atoms with van der Waals surface area (Å²) in [5.41, 5.74) is 1.62. The van der Waals surface area contributed by atoms with Crippen molar-refractivity contribution in [2.24, 2.45) is 0 Å². The molecule has 0 unspecified atom stereocenters. The van der Waals surface area contributed by atoms with Crippen LogP contribution < -0.4 is 4.74 Å². The number of hydrogen-bond acceptors (Lipinski definition) is 7. The lowest BCUT2D eigenvalue weighted by molar-refractivity contribution is -0.135. The van der Waals surface area contributed by atoms with E-state index in [1.165, 1.54) is 0 Å². The summed E-state index contributed by atoms with van der Waals surface area (Å²) >= 11 is 0. The average molecular weight is 515 g/mol. The van der Waals surface area contributed by atoms with Crippen LogP contribution in [0.4, 0.5) is 0 Å². The van der Waals surface area contributed by atoms with Crippen molar-refractivity contribution >= 4 is 23.8 Å². The maximum atomic E-state index is 13.3. The Morgan fingerprint density at radius 2 is 1.76 bits per heavy atom. The van der Waals surface area contributed by atoms with E-state index >= 15 is 0 Å². The minimum absolute atomic E-state index is 0.0257. The van der Waals surface area contributed by atoms with Crippen LogP contribution in [0, 0.1) is 0 Å². The number of Topliss-reactive ketones (excluding diaryl/α,β-unsaturated/α-hetero) is 1. The topological polar surface area (TPSA) is 103 Å². The van der Waals surface area contributed by atoms with Gasteiger partial charge in [-0.1, -0.05) is 42.5 Å². The van der Waals surface area contributed by atoms with Crippen molar-refractivity contribution < 1.29 is 33.4 Å². The third-order valence-corrected chi connectivity index (χ3v) is 7.01. The summed E-state index contributed by atoms with van der Waals surface area (Å²) in [6.07, 6.45) is 6.53. The molecule has 0 bridgehead atoms. The number of phenols is 1. The molecule has 7 heteroatoms. The van der Waals surface area contributed by atoms with Gasteiger partial charge >= 0.3 is 11.9 Å². The van der Waals surface area contributed by atoms with Crippen LogP contribution in [-0.2, 0) is 14.3 Å². The van der Waals surface area contributed by atoms with E-state index in [4.69, 9.17) is 13.9 Å². The number of fused-ring (bicyclic) bond motifs is 2. The van der Waals surface area contributed by atoms with E-state index < -0.39 is 24.0 Å². The Labute approximate surface area is 221 Å². The number of ketones is 1. The Kier molecular flexibility index (Phi) is 7.45. The van der Waals surface area contributed by atoms with E-state index in [2.05, 4.69) is 0 Å². The highest BCUT2D eigenvalue weighted by Gasteiger charge is 2.37. The number of carbonyl (C=O) groups excluding carboxylic acids is 3. The highest BCUT2D eigenvalue weighted by molar-refractivity contribution is 5.98. The van der Waals surface area contributed by atoms with Crippen molar-refractivity contribution in [3.8, 4) is 22.8 Å². The zero-order valence-electron chi connectivity index (χ0n) is 21.3. The molecule has 0 fully saturated rings. The average Bonchev–Trinajstić information content (AvgIpc) is 3.38. The highest BCUT2D eigenvalue weighted by atomic mass is 16.5. The monoisotopic (exact) mass is 514 g/mol. The van der Waals surface area contributed by atoms with Gasteiger partial charge in [-0.25, -0.2) is 4.79 Å². The molecule has 0 radical (unpaired) electrons. The summed E-state index contributed by atoms with van der Waals surface area (Å²) in [7, 11) is 0. The Bertz CT molecular complexity index is 1380. The van der Waals surface area contributed by atoms with E-state index in [1.807, 2.05) is 42.5 Å². The van der Waals surface area contributed by atoms with Crippen LogP contribution in [0.15, 0.2) is 59.0 Å². The van der Waals surface area contributed by atoms with E-state index in [0.717, 1.165) is 5.56 Å². The van der Waals surface area contributed by atoms with Gasteiger partial charge in [0.1, 0.15) is 34.4 Å². The molecule has 2 atom stereocenters. The number of hydrogen-bond donors (Lipinski definition) is 1. The number of cyclic esters (lactones) is 1. The van der Waals surface area contributed by atoms with Gasteiger partial charge in [0, 0.05) is 24.0 Å². The van der Waals surface area contributed by atoms with Crippen LogP contribution in [-0.4, -0.2) is 28.9 Å². The number of ether oxygens (including phenoxy) is 2. The van der Waals surface area contributed by atoms with Gasteiger partial charge in [-0.2, -0.15) is 0 Å². The van der Waals surface area contributed by atoms with Crippen molar-refractivity contribution in [3.63, 3.8) is 0 Å². The molecule has 5 rings (SSSR count). The van der Waals surface area contributed by atoms with E-state index in [1.54, 1.807) is 25.1 Å². The van der Waals surface area contributed by atoms with Crippen molar-refractivity contribution in [2.45, 2.75) is 63.9 Å². The first-order valence-corrected chi connectivity index (χ1v) is 13.1. The van der Waals surface area contributed by atoms with Gasteiger partial charge in [0.15, 0.2) is 0 Å². The third kappa shape index (κ3) is 5.42. The molecule has 196 valence electrons. The van der Waals surface area contributed by atoms with Gasteiger partial charge in [0.25, 0.3) is 0 Å². The first-order chi connectivity index (χ1) is 18.4. The van der Waals surface area contributed by atoms with Gasteiger partial charge in [-0.3, -0.25) is 9.59 Å². The fourth-order valence-electron chi connectivity index (χ4n) is 5.06. The maximum absolute atomic E-state index is 13.3. The second-order valence-electron chi connectivity index (χ2n) is 9.84. The van der Waals surface area contributed by atoms with Crippen molar-refractivity contribution in [2.75, 3.05) is 0 Å². The van der Waals surface area contributed by atoms with Crippen molar-refractivity contribution in [1.29, 1.82) is 0 Å². The Morgan fingerprint density at radius 3 is 2.58 bits per heavy atom. The largest absolute Gasteiger partial charge is 0.507 e. The zero-order valence-corrected chi connectivity index (χ0v) is 21.3. The fraction of sp³-hybridized carbons (Fsp3) is 0.323. The van der Waals surface area contributed by atoms with Crippen LogP contribution in [0.2, 0.25) is 0 Å². The van der Waals surface area contributed by atoms with E-state index in [9.17, 15) is 19.5 Å². The van der Waals surface area contributed by atoms with E-state index in [-0.39, 0.29) is 29.3 Å². The SMILES string of the molecule is C[C@H]1CCCC(=O)CCC/C=C/c2cc3c(c(O)c2C(=O)O1)[C@H](c1ccc(-c2ccccc2)o1)CC(=O)O3. The summed E-state index contributed by atoms with van der Waals surface area (Å²) in [4.78, 5) is 38.0. The number of phenolic OH excluding ortho intramolecular Hbond substituents is 1. The number of esters is 2. The highest BCUT2D eigenvalue weighted by Crippen LogP contribution is 2.47. The van der Waals surface area contributed by atoms with Crippen LogP contribution in [0.25, 0.3) is 17.4 Å². The Morgan fingerprint density at radius 1 is 0.974 bits per heavy atom. The molecular formula is C31H30O7. The number of allylic oxidation sites excluding steroid dienone is 1. The molecule has 3 aromatic rings. The molecule has 0 aliphatic carbocycles. The van der Waals surface area contributed by atoms with Crippen LogP contribution >= 0.6 is 0 Å². The lowest BCUT2D eigenvalue weighted by Crippen LogP contribution is -2.23. The number of furan rings is 1. The Balaban J connectivity index is 1.57. The second kappa shape index (κ2) is 11.1. The molecule has 7 nitrogen and oxygen atoms in total. The van der Waals surface area contributed by atoms with Crippen molar-refractivity contribution in [3.05, 3.63) is 77.1 Å².